The molecule has 0 unspecified atom stereocenters. The van der Waals surface area contributed by atoms with E-state index in [0.717, 1.165) is 18.1 Å². The number of hydrogen-bond donors (Lipinski definition) is 1. The number of hydrogen-bond acceptors (Lipinski definition) is 6. The number of amidine groups is 1. The molecule has 3 heterocycles. The SMILES string of the molecule is NC1=N[C@@]2(c3ccccc3F)CN(c3ncc(F)cn3)C[C@H]2CS1. The van der Waals surface area contributed by atoms with E-state index in [0.29, 0.717) is 29.8 Å². The molecule has 1 aromatic carbocycles. The van der Waals surface area contributed by atoms with Crippen molar-refractivity contribution in [1.29, 1.82) is 0 Å². The Labute approximate surface area is 142 Å². The molecule has 2 aliphatic rings. The molecule has 0 saturated carbocycles. The second-order valence-corrected chi connectivity index (χ2v) is 6.98. The van der Waals surface area contributed by atoms with Gasteiger partial charge in [0.25, 0.3) is 0 Å². The van der Waals surface area contributed by atoms with Gasteiger partial charge in [0, 0.05) is 23.8 Å². The first-order valence-corrected chi connectivity index (χ1v) is 8.53. The van der Waals surface area contributed by atoms with Gasteiger partial charge in [0.05, 0.1) is 18.9 Å². The van der Waals surface area contributed by atoms with Gasteiger partial charge in [-0.15, -0.1) is 0 Å². The minimum Gasteiger partial charge on any atom is -0.379 e. The van der Waals surface area contributed by atoms with Crippen LogP contribution in [-0.2, 0) is 5.54 Å². The summed E-state index contributed by atoms with van der Waals surface area (Å²) in [5, 5.41) is 0.455. The lowest BCUT2D eigenvalue weighted by molar-refractivity contribution is 0.371. The Morgan fingerprint density at radius 1 is 1.21 bits per heavy atom. The predicted octanol–water partition coefficient (Wildman–Crippen LogP) is 2.15. The minimum absolute atomic E-state index is 0.0698. The summed E-state index contributed by atoms with van der Waals surface area (Å²) in [4.78, 5) is 14.6. The number of thioether (sulfide) groups is 1. The highest BCUT2D eigenvalue weighted by atomic mass is 32.2. The van der Waals surface area contributed by atoms with Crippen LogP contribution in [0.1, 0.15) is 5.56 Å². The third-order valence-electron chi connectivity index (χ3n) is 4.52. The summed E-state index contributed by atoms with van der Waals surface area (Å²) in [6.45, 7) is 1.02. The average Bonchev–Trinajstić information content (AvgIpc) is 2.95. The van der Waals surface area contributed by atoms with Crippen molar-refractivity contribution in [2.75, 3.05) is 23.7 Å². The molecule has 24 heavy (non-hydrogen) atoms. The van der Waals surface area contributed by atoms with Crippen molar-refractivity contribution in [2.45, 2.75) is 5.54 Å². The van der Waals surface area contributed by atoms with Crippen molar-refractivity contribution in [2.24, 2.45) is 16.6 Å². The number of aromatic nitrogens is 2. The lowest BCUT2D eigenvalue weighted by atomic mass is 9.81. The Balaban J connectivity index is 1.78. The van der Waals surface area contributed by atoms with Crippen molar-refractivity contribution in [1.82, 2.24) is 9.97 Å². The summed E-state index contributed by atoms with van der Waals surface area (Å²) in [6, 6.07) is 6.65. The van der Waals surface area contributed by atoms with E-state index < -0.39 is 11.4 Å². The summed E-state index contributed by atoms with van der Waals surface area (Å²) in [5.74, 6) is 0.437. The van der Waals surface area contributed by atoms with Crippen molar-refractivity contribution < 1.29 is 8.78 Å². The molecule has 2 N–H and O–H groups in total. The largest absolute Gasteiger partial charge is 0.379 e. The van der Waals surface area contributed by atoms with E-state index in [1.807, 2.05) is 4.90 Å². The average molecular weight is 347 g/mol. The second-order valence-electron chi connectivity index (χ2n) is 5.94. The number of benzene rings is 1. The summed E-state index contributed by atoms with van der Waals surface area (Å²) < 4.78 is 27.6. The van der Waals surface area contributed by atoms with Crippen LogP contribution in [0.25, 0.3) is 0 Å². The predicted molar refractivity (Wildman–Crippen MR) is 89.9 cm³/mol. The van der Waals surface area contributed by atoms with Crippen LogP contribution in [0.3, 0.4) is 0 Å². The first-order valence-electron chi connectivity index (χ1n) is 7.54. The van der Waals surface area contributed by atoms with Crippen molar-refractivity contribution >= 4 is 22.9 Å². The quantitative estimate of drug-likeness (QED) is 0.902. The molecule has 0 spiro atoms. The van der Waals surface area contributed by atoms with Crippen LogP contribution in [-0.4, -0.2) is 34.0 Å². The van der Waals surface area contributed by atoms with E-state index >= 15 is 0 Å². The van der Waals surface area contributed by atoms with Crippen LogP contribution < -0.4 is 10.6 Å². The number of halogens is 2. The molecule has 2 aliphatic heterocycles. The Kier molecular flexibility index (Phi) is 3.64. The summed E-state index contributed by atoms with van der Waals surface area (Å²) >= 11 is 1.47. The zero-order valence-electron chi connectivity index (χ0n) is 12.7. The fraction of sp³-hybridized carbons (Fsp3) is 0.312. The molecule has 0 aliphatic carbocycles. The zero-order valence-corrected chi connectivity index (χ0v) is 13.5. The number of aliphatic imine (C=N–C) groups is 1. The van der Waals surface area contributed by atoms with E-state index in [9.17, 15) is 8.78 Å². The third-order valence-corrected chi connectivity index (χ3v) is 5.48. The molecule has 0 bridgehead atoms. The van der Waals surface area contributed by atoms with Gasteiger partial charge in [0.1, 0.15) is 11.4 Å². The first kappa shape index (κ1) is 15.3. The number of nitrogens with two attached hydrogens (primary N) is 1. The molecule has 2 atom stereocenters. The maximum atomic E-state index is 14.5. The van der Waals surface area contributed by atoms with Gasteiger partial charge in [-0.1, -0.05) is 30.0 Å². The molecule has 0 amide bonds. The third kappa shape index (κ3) is 2.41. The monoisotopic (exact) mass is 347 g/mol. The smallest absolute Gasteiger partial charge is 0.225 e. The van der Waals surface area contributed by atoms with Crippen molar-refractivity contribution in [3.8, 4) is 0 Å². The normalized spacial score (nSPS) is 26.2. The van der Waals surface area contributed by atoms with Gasteiger partial charge in [-0.2, -0.15) is 0 Å². The van der Waals surface area contributed by atoms with E-state index in [4.69, 9.17) is 5.73 Å². The minimum atomic E-state index is -0.765. The first-order chi connectivity index (χ1) is 11.6. The van der Waals surface area contributed by atoms with Gasteiger partial charge in [-0.05, 0) is 6.07 Å². The van der Waals surface area contributed by atoms with Gasteiger partial charge in [-0.3, -0.25) is 0 Å². The molecule has 1 aromatic heterocycles. The van der Waals surface area contributed by atoms with Gasteiger partial charge in [-0.25, -0.2) is 23.7 Å². The second kappa shape index (κ2) is 5.70. The maximum absolute atomic E-state index is 14.5. The number of rotatable bonds is 2. The molecule has 1 saturated heterocycles. The molecule has 5 nitrogen and oxygen atoms in total. The van der Waals surface area contributed by atoms with E-state index in [-0.39, 0.29) is 11.7 Å². The van der Waals surface area contributed by atoms with Gasteiger partial charge in [0.2, 0.25) is 5.95 Å². The molecule has 2 aromatic rings. The van der Waals surface area contributed by atoms with E-state index in [1.165, 1.54) is 17.8 Å². The van der Waals surface area contributed by atoms with Crippen LogP contribution in [0.5, 0.6) is 0 Å². The Hall–Kier alpha value is -2.22. The Morgan fingerprint density at radius 3 is 2.71 bits per heavy atom. The highest BCUT2D eigenvalue weighted by Crippen LogP contribution is 2.46. The highest BCUT2D eigenvalue weighted by molar-refractivity contribution is 8.13. The molecule has 4 rings (SSSR count). The van der Waals surface area contributed by atoms with Crippen LogP contribution in [0.2, 0.25) is 0 Å². The maximum Gasteiger partial charge on any atom is 0.225 e. The molecule has 0 radical (unpaired) electrons. The standard InChI is InChI=1S/C16H15F2N5S/c17-11-5-20-15(21-6-11)23-7-10-8-24-14(19)22-16(10,9-23)12-3-1-2-4-13(12)18/h1-6,10H,7-9H2,(H2,19,22)/t10-,16-/m0/s1. The number of fused-ring (bicyclic) bond motifs is 1. The Morgan fingerprint density at radius 2 is 1.96 bits per heavy atom. The van der Waals surface area contributed by atoms with Gasteiger partial charge >= 0.3 is 0 Å². The van der Waals surface area contributed by atoms with E-state index in [2.05, 4.69) is 15.0 Å². The summed E-state index contributed by atoms with van der Waals surface area (Å²) in [7, 11) is 0. The zero-order chi connectivity index (χ0) is 16.7. The summed E-state index contributed by atoms with van der Waals surface area (Å²) in [6.07, 6.45) is 2.26. The van der Waals surface area contributed by atoms with Gasteiger partial charge in [0.15, 0.2) is 11.0 Å². The topological polar surface area (TPSA) is 67.4 Å². The molecule has 1 fully saturated rings. The molecular formula is C16H15F2N5S. The van der Waals surface area contributed by atoms with Crippen LogP contribution in [0, 0.1) is 17.6 Å². The number of anilines is 1. The fourth-order valence-electron chi connectivity index (χ4n) is 3.43. The van der Waals surface area contributed by atoms with Gasteiger partial charge < -0.3 is 10.6 Å². The fourth-order valence-corrected chi connectivity index (χ4v) is 4.41. The Bertz CT molecular complexity index is 797. The lowest BCUT2D eigenvalue weighted by Crippen LogP contribution is -2.40. The molecular weight excluding hydrogens is 332 g/mol. The van der Waals surface area contributed by atoms with E-state index in [1.54, 1.807) is 18.2 Å². The lowest BCUT2D eigenvalue weighted by Gasteiger charge is -2.34. The van der Waals surface area contributed by atoms with Crippen LogP contribution in [0.15, 0.2) is 41.7 Å². The van der Waals surface area contributed by atoms with Crippen molar-refractivity contribution in [3.63, 3.8) is 0 Å². The molecule has 124 valence electrons. The van der Waals surface area contributed by atoms with Crippen molar-refractivity contribution in [3.05, 3.63) is 53.9 Å². The highest BCUT2D eigenvalue weighted by Gasteiger charge is 2.51. The van der Waals surface area contributed by atoms with Crippen LogP contribution in [0.4, 0.5) is 14.7 Å². The number of nitrogens with zero attached hydrogens (tertiary/aromatic N) is 4. The molecule has 8 heteroatoms. The van der Waals surface area contributed by atoms with Crippen LogP contribution >= 0.6 is 11.8 Å². The summed E-state index contributed by atoms with van der Waals surface area (Å²) in [5.41, 5.74) is 5.72.